The SMILES string of the molecule is CC(C)OC1C=C(c2ccccc2)C=CC1(CCCN(C[C@H](O)c1cccnc1)C(=O)OC(C)(C)C)C(=O)O. The highest BCUT2D eigenvalue weighted by Gasteiger charge is 2.45. The number of amides is 1. The number of hydrogen-bond acceptors (Lipinski definition) is 6. The summed E-state index contributed by atoms with van der Waals surface area (Å²) in [6.45, 7) is 9.27. The maximum atomic E-state index is 13.0. The van der Waals surface area contributed by atoms with E-state index >= 15 is 0 Å². The van der Waals surface area contributed by atoms with Crippen molar-refractivity contribution in [3.63, 3.8) is 0 Å². The molecule has 1 amide bonds. The van der Waals surface area contributed by atoms with Crippen molar-refractivity contribution in [2.45, 2.75) is 71.4 Å². The molecule has 210 valence electrons. The molecule has 2 N–H and O–H groups in total. The van der Waals surface area contributed by atoms with Crippen LogP contribution in [0.4, 0.5) is 4.79 Å². The molecule has 2 aromatic rings. The first-order valence-electron chi connectivity index (χ1n) is 13.3. The molecule has 0 saturated heterocycles. The lowest BCUT2D eigenvalue weighted by atomic mass is 9.73. The molecule has 1 aliphatic rings. The van der Waals surface area contributed by atoms with Gasteiger partial charge in [0.25, 0.3) is 0 Å². The smallest absolute Gasteiger partial charge is 0.410 e. The van der Waals surface area contributed by atoms with Crippen molar-refractivity contribution in [2.24, 2.45) is 5.41 Å². The lowest BCUT2D eigenvalue weighted by Crippen LogP contribution is -2.45. The number of hydrogen-bond donors (Lipinski definition) is 2. The lowest BCUT2D eigenvalue weighted by Gasteiger charge is -2.37. The number of rotatable bonds is 11. The molecule has 3 rings (SSSR count). The Morgan fingerprint density at radius 2 is 1.85 bits per heavy atom. The van der Waals surface area contributed by atoms with Crippen LogP contribution in [0.2, 0.25) is 0 Å². The number of allylic oxidation sites excluding steroid dienone is 2. The Labute approximate surface area is 231 Å². The number of carbonyl (C=O) groups excluding carboxylic acids is 1. The van der Waals surface area contributed by atoms with E-state index in [0.717, 1.165) is 11.1 Å². The monoisotopic (exact) mass is 536 g/mol. The Morgan fingerprint density at radius 3 is 2.44 bits per heavy atom. The first-order chi connectivity index (χ1) is 18.4. The van der Waals surface area contributed by atoms with Crippen molar-refractivity contribution in [2.75, 3.05) is 13.1 Å². The number of carboxylic acids is 1. The van der Waals surface area contributed by atoms with Gasteiger partial charge >= 0.3 is 12.1 Å². The van der Waals surface area contributed by atoms with E-state index < -0.39 is 35.3 Å². The molecule has 0 fully saturated rings. The Hall–Kier alpha value is -3.49. The fourth-order valence-corrected chi connectivity index (χ4v) is 4.54. The van der Waals surface area contributed by atoms with Crippen LogP contribution >= 0.6 is 0 Å². The lowest BCUT2D eigenvalue weighted by molar-refractivity contribution is -0.155. The standard InChI is InChI=1S/C31H40N2O6/c1-22(2)38-27-19-24(23-11-7-6-8-12-23)14-16-31(27,28(35)36)15-10-18-33(29(37)39-30(3,4)5)21-26(34)25-13-9-17-32-20-25/h6-9,11-14,16-17,19-20,22,26-27,34H,10,15,18,21H2,1-5H3,(H,35,36)/t26-,27?,31?/m0/s1. The molecule has 8 nitrogen and oxygen atoms in total. The molecule has 1 heterocycles. The van der Waals surface area contributed by atoms with Crippen LogP contribution in [0.5, 0.6) is 0 Å². The Balaban J connectivity index is 1.81. The number of nitrogens with zero attached hydrogens (tertiary/aromatic N) is 2. The number of aliphatic hydroxyl groups is 1. The zero-order valence-electron chi connectivity index (χ0n) is 23.4. The number of aliphatic carboxylic acids is 1. The van der Waals surface area contributed by atoms with Crippen LogP contribution in [0, 0.1) is 5.41 Å². The van der Waals surface area contributed by atoms with Gasteiger partial charge in [0.1, 0.15) is 11.0 Å². The highest BCUT2D eigenvalue weighted by molar-refractivity contribution is 5.84. The van der Waals surface area contributed by atoms with Gasteiger partial charge in [0, 0.05) is 24.5 Å². The molecular formula is C31H40N2O6. The molecule has 39 heavy (non-hydrogen) atoms. The second-order valence-corrected chi connectivity index (χ2v) is 11.1. The zero-order chi connectivity index (χ0) is 28.6. The summed E-state index contributed by atoms with van der Waals surface area (Å²) >= 11 is 0. The molecule has 0 spiro atoms. The minimum atomic E-state index is -1.32. The average molecular weight is 537 g/mol. The third-order valence-electron chi connectivity index (χ3n) is 6.46. The van der Waals surface area contributed by atoms with Gasteiger partial charge in [0.05, 0.1) is 24.9 Å². The van der Waals surface area contributed by atoms with Crippen molar-refractivity contribution in [3.05, 3.63) is 84.2 Å². The van der Waals surface area contributed by atoms with Gasteiger partial charge in [-0.1, -0.05) is 48.6 Å². The molecule has 1 aromatic heterocycles. The minimum absolute atomic E-state index is 0.0134. The molecule has 0 radical (unpaired) electrons. The van der Waals surface area contributed by atoms with E-state index in [1.165, 1.54) is 4.90 Å². The number of pyridine rings is 1. The first-order valence-corrected chi connectivity index (χ1v) is 13.3. The normalized spacial score (nSPS) is 19.9. The van der Waals surface area contributed by atoms with Crippen LogP contribution in [0.1, 0.15) is 64.7 Å². The topological polar surface area (TPSA) is 109 Å². The molecule has 2 unspecified atom stereocenters. The first kappa shape index (κ1) is 30.1. The van der Waals surface area contributed by atoms with Gasteiger partial charge in [-0.25, -0.2) is 4.79 Å². The minimum Gasteiger partial charge on any atom is -0.481 e. The predicted octanol–water partition coefficient (Wildman–Crippen LogP) is 5.65. The number of benzene rings is 1. The third-order valence-corrected chi connectivity index (χ3v) is 6.46. The molecule has 0 bridgehead atoms. The molecule has 1 aromatic carbocycles. The van der Waals surface area contributed by atoms with Crippen LogP contribution in [0.3, 0.4) is 0 Å². The summed E-state index contributed by atoms with van der Waals surface area (Å²) in [6.07, 6.45) is 6.72. The van der Waals surface area contributed by atoms with E-state index in [-0.39, 0.29) is 25.6 Å². The summed E-state index contributed by atoms with van der Waals surface area (Å²) in [5.74, 6) is -0.994. The number of aromatic nitrogens is 1. The highest BCUT2D eigenvalue weighted by Crippen LogP contribution is 2.40. The van der Waals surface area contributed by atoms with Gasteiger partial charge < -0.3 is 24.6 Å². The summed E-state index contributed by atoms with van der Waals surface area (Å²) in [6, 6.07) is 13.2. The number of carboxylic acid groups (broad SMARTS) is 1. The number of ether oxygens (including phenoxy) is 2. The van der Waals surface area contributed by atoms with Crippen LogP contribution < -0.4 is 0 Å². The quantitative estimate of drug-likeness (QED) is 0.382. The Bertz CT molecular complexity index is 1160. The Morgan fingerprint density at radius 1 is 1.13 bits per heavy atom. The van der Waals surface area contributed by atoms with Gasteiger partial charge in [-0.3, -0.25) is 9.78 Å². The summed E-state index contributed by atoms with van der Waals surface area (Å²) in [4.78, 5) is 31.3. The fraction of sp³-hybridized carbons (Fsp3) is 0.452. The predicted molar refractivity (Wildman–Crippen MR) is 150 cm³/mol. The second kappa shape index (κ2) is 13.0. The average Bonchev–Trinajstić information content (AvgIpc) is 2.88. The van der Waals surface area contributed by atoms with Crippen molar-refractivity contribution in [3.8, 4) is 0 Å². The van der Waals surface area contributed by atoms with Crippen LogP contribution in [0.25, 0.3) is 5.57 Å². The van der Waals surface area contributed by atoms with E-state index in [0.29, 0.717) is 12.0 Å². The van der Waals surface area contributed by atoms with E-state index in [4.69, 9.17) is 9.47 Å². The van der Waals surface area contributed by atoms with Crippen LogP contribution in [-0.2, 0) is 14.3 Å². The maximum absolute atomic E-state index is 13.0. The molecule has 0 aliphatic heterocycles. The van der Waals surface area contributed by atoms with Gasteiger partial charge in [-0.15, -0.1) is 0 Å². The summed E-state index contributed by atoms with van der Waals surface area (Å²) in [5.41, 5.74) is 0.410. The van der Waals surface area contributed by atoms with E-state index in [2.05, 4.69) is 4.98 Å². The molecular weight excluding hydrogens is 496 g/mol. The fourth-order valence-electron chi connectivity index (χ4n) is 4.54. The van der Waals surface area contributed by atoms with Gasteiger partial charge in [-0.2, -0.15) is 0 Å². The molecule has 3 atom stereocenters. The number of aliphatic hydroxyl groups excluding tert-OH is 1. The third kappa shape index (κ3) is 8.25. The highest BCUT2D eigenvalue weighted by atomic mass is 16.6. The van der Waals surface area contributed by atoms with E-state index in [9.17, 15) is 19.8 Å². The van der Waals surface area contributed by atoms with E-state index in [1.54, 1.807) is 51.4 Å². The van der Waals surface area contributed by atoms with Crippen molar-refractivity contribution in [1.29, 1.82) is 0 Å². The summed E-state index contributed by atoms with van der Waals surface area (Å²) < 4.78 is 11.7. The van der Waals surface area contributed by atoms with Gasteiger partial charge in [-0.05, 0) is 70.7 Å². The number of carbonyl (C=O) groups is 2. The second-order valence-electron chi connectivity index (χ2n) is 11.1. The molecule has 1 aliphatic carbocycles. The van der Waals surface area contributed by atoms with Crippen LogP contribution in [0.15, 0.2) is 73.1 Å². The van der Waals surface area contributed by atoms with Crippen LogP contribution in [-0.4, -0.2) is 63.1 Å². The van der Waals surface area contributed by atoms with E-state index in [1.807, 2.05) is 56.3 Å². The van der Waals surface area contributed by atoms with Crippen molar-refractivity contribution >= 4 is 17.6 Å². The van der Waals surface area contributed by atoms with Gasteiger partial charge in [0.2, 0.25) is 0 Å². The maximum Gasteiger partial charge on any atom is 0.410 e. The summed E-state index contributed by atoms with van der Waals surface area (Å²) in [7, 11) is 0. The van der Waals surface area contributed by atoms with Crippen molar-refractivity contribution < 1.29 is 29.3 Å². The zero-order valence-corrected chi connectivity index (χ0v) is 23.4. The molecule has 8 heteroatoms. The largest absolute Gasteiger partial charge is 0.481 e. The van der Waals surface area contributed by atoms with Crippen molar-refractivity contribution in [1.82, 2.24) is 9.88 Å². The Kier molecular flexibility index (Phi) is 10.1. The van der Waals surface area contributed by atoms with Gasteiger partial charge in [0.15, 0.2) is 0 Å². The summed E-state index contributed by atoms with van der Waals surface area (Å²) in [5, 5.41) is 21.2. The molecule has 0 saturated carbocycles.